The van der Waals surface area contributed by atoms with E-state index in [1.807, 2.05) is 6.07 Å². The number of nitriles is 1. The highest BCUT2D eigenvalue weighted by Crippen LogP contribution is 2.45. The first-order valence-corrected chi connectivity index (χ1v) is 8.89. The minimum Gasteiger partial charge on any atom is -0.444 e. The molecular weight excluding hydrogens is 308 g/mol. The molecule has 1 aliphatic carbocycles. The van der Waals surface area contributed by atoms with Gasteiger partial charge in [-0.2, -0.15) is 5.26 Å². The first-order chi connectivity index (χ1) is 11.2. The smallest absolute Gasteiger partial charge is 0.205 e. The van der Waals surface area contributed by atoms with Crippen LogP contribution in [0.3, 0.4) is 0 Å². The number of nitrogens with zero attached hydrogens (tertiary/aromatic N) is 1. The van der Waals surface area contributed by atoms with E-state index in [4.69, 9.17) is 10.5 Å². The quantitative estimate of drug-likeness (QED) is 0.909. The van der Waals surface area contributed by atoms with Crippen molar-refractivity contribution in [3.05, 3.63) is 44.7 Å². The second-order valence-electron chi connectivity index (χ2n) is 5.95. The van der Waals surface area contributed by atoms with E-state index in [2.05, 4.69) is 19.1 Å². The van der Waals surface area contributed by atoms with E-state index < -0.39 is 0 Å². The summed E-state index contributed by atoms with van der Waals surface area (Å²) < 4.78 is 5.59. The maximum absolute atomic E-state index is 12.5. The number of unbranched alkanes of at least 4 members (excludes halogenated alkanes) is 1. The molecule has 2 heterocycles. The fourth-order valence-electron chi connectivity index (χ4n) is 3.18. The van der Waals surface area contributed by atoms with Crippen molar-refractivity contribution in [3.8, 4) is 6.07 Å². The minimum absolute atomic E-state index is 0.0833. The van der Waals surface area contributed by atoms with Crippen molar-refractivity contribution in [2.45, 2.75) is 51.4 Å². The molecule has 120 valence electrons. The molecule has 1 atom stereocenters. The lowest BCUT2D eigenvalue weighted by Gasteiger charge is -2.30. The zero-order chi connectivity index (χ0) is 16.4. The first kappa shape index (κ1) is 15.8. The van der Waals surface area contributed by atoms with E-state index in [0.717, 1.165) is 30.6 Å². The van der Waals surface area contributed by atoms with Crippen LogP contribution in [-0.4, -0.2) is 5.78 Å². The molecule has 0 radical (unpaired) electrons. The summed E-state index contributed by atoms with van der Waals surface area (Å²) in [5, 5.41) is 9.52. The van der Waals surface area contributed by atoms with Crippen molar-refractivity contribution in [2.24, 2.45) is 5.73 Å². The largest absolute Gasteiger partial charge is 0.444 e. The molecule has 1 aromatic heterocycles. The predicted octanol–water partition coefficient (Wildman–Crippen LogP) is 3.91. The van der Waals surface area contributed by atoms with Crippen LogP contribution in [0, 0.1) is 11.3 Å². The van der Waals surface area contributed by atoms with E-state index in [9.17, 15) is 10.1 Å². The SMILES string of the molecule is CCCCc1ccc(C2C(C#N)=C(N)OC3=C2C(=O)CCC3)s1. The Kier molecular flexibility index (Phi) is 4.53. The number of thiophene rings is 1. The van der Waals surface area contributed by atoms with Crippen LogP contribution in [-0.2, 0) is 16.0 Å². The zero-order valence-electron chi connectivity index (χ0n) is 13.2. The number of Topliss-reactive ketones (excluding diaryl/α,β-unsaturated/α-hetero) is 1. The number of carbonyl (C=O) groups excluding carboxylic acids is 1. The molecule has 2 aliphatic rings. The fourth-order valence-corrected chi connectivity index (χ4v) is 4.35. The lowest BCUT2D eigenvalue weighted by atomic mass is 9.80. The molecule has 0 bridgehead atoms. The van der Waals surface area contributed by atoms with Gasteiger partial charge in [0.2, 0.25) is 5.88 Å². The average molecular weight is 328 g/mol. The second-order valence-corrected chi connectivity index (χ2v) is 7.15. The van der Waals surface area contributed by atoms with Crippen molar-refractivity contribution in [3.63, 3.8) is 0 Å². The number of hydrogen-bond acceptors (Lipinski definition) is 5. The first-order valence-electron chi connectivity index (χ1n) is 8.08. The number of hydrogen-bond donors (Lipinski definition) is 1. The summed E-state index contributed by atoms with van der Waals surface area (Å²) in [6, 6.07) is 6.29. The Hall–Kier alpha value is -2.06. The van der Waals surface area contributed by atoms with Crippen molar-refractivity contribution in [1.29, 1.82) is 5.26 Å². The van der Waals surface area contributed by atoms with Crippen molar-refractivity contribution in [2.75, 3.05) is 0 Å². The van der Waals surface area contributed by atoms with Crippen molar-refractivity contribution < 1.29 is 9.53 Å². The Balaban J connectivity index is 2.03. The number of ether oxygens (including phenoxy) is 1. The van der Waals surface area contributed by atoms with Gasteiger partial charge < -0.3 is 10.5 Å². The number of carbonyl (C=O) groups is 1. The van der Waals surface area contributed by atoms with Crippen LogP contribution >= 0.6 is 11.3 Å². The minimum atomic E-state index is -0.350. The Labute approximate surface area is 140 Å². The van der Waals surface area contributed by atoms with E-state index in [0.29, 0.717) is 29.7 Å². The van der Waals surface area contributed by atoms with Crippen LogP contribution in [0.4, 0.5) is 0 Å². The third-order valence-electron chi connectivity index (χ3n) is 4.35. The molecule has 1 aromatic rings. The van der Waals surface area contributed by atoms with Gasteiger partial charge in [-0.25, -0.2) is 0 Å². The summed E-state index contributed by atoms with van der Waals surface area (Å²) in [5.41, 5.74) is 6.96. The highest BCUT2D eigenvalue weighted by atomic mass is 32.1. The molecule has 0 amide bonds. The lowest BCUT2D eigenvalue weighted by molar-refractivity contribution is -0.116. The van der Waals surface area contributed by atoms with Gasteiger partial charge in [-0.15, -0.1) is 11.3 Å². The second kappa shape index (κ2) is 6.59. The zero-order valence-corrected chi connectivity index (χ0v) is 14.0. The van der Waals surface area contributed by atoms with Gasteiger partial charge in [0.15, 0.2) is 5.78 Å². The van der Waals surface area contributed by atoms with E-state index in [1.165, 1.54) is 4.88 Å². The van der Waals surface area contributed by atoms with Gasteiger partial charge in [0.25, 0.3) is 0 Å². The number of allylic oxidation sites excluding steroid dienone is 3. The Morgan fingerprint density at radius 2 is 2.26 bits per heavy atom. The number of aryl methyl sites for hydroxylation is 1. The van der Waals surface area contributed by atoms with Crippen LogP contribution < -0.4 is 5.73 Å². The van der Waals surface area contributed by atoms with E-state index >= 15 is 0 Å². The Bertz CT molecular complexity index is 736. The molecule has 0 saturated heterocycles. The number of ketones is 1. The van der Waals surface area contributed by atoms with Crippen LogP contribution in [0.15, 0.2) is 34.9 Å². The monoisotopic (exact) mass is 328 g/mol. The molecule has 3 rings (SSSR count). The van der Waals surface area contributed by atoms with E-state index in [1.54, 1.807) is 11.3 Å². The van der Waals surface area contributed by atoms with Crippen LogP contribution in [0.1, 0.15) is 54.7 Å². The summed E-state index contributed by atoms with van der Waals surface area (Å²) >= 11 is 1.68. The van der Waals surface area contributed by atoms with Gasteiger partial charge in [-0.1, -0.05) is 13.3 Å². The average Bonchev–Trinajstić information content (AvgIpc) is 3.00. The van der Waals surface area contributed by atoms with Gasteiger partial charge >= 0.3 is 0 Å². The molecule has 1 unspecified atom stereocenters. The van der Waals surface area contributed by atoms with Gasteiger partial charge in [-0.05, 0) is 31.4 Å². The molecule has 0 fully saturated rings. The third-order valence-corrected chi connectivity index (χ3v) is 5.56. The van der Waals surface area contributed by atoms with Gasteiger partial charge in [0.1, 0.15) is 17.4 Å². The molecule has 2 N–H and O–H groups in total. The summed E-state index contributed by atoms with van der Waals surface area (Å²) in [6.45, 7) is 2.17. The van der Waals surface area contributed by atoms with Crippen LogP contribution in [0.25, 0.3) is 0 Å². The van der Waals surface area contributed by atoms with E-state index in [-0.39, 0.29) is 17.6 Å². The van der Waals surface area contributed by atoms with Gasteiger partial charge in [-0.3, -0.25) is 4.79 Å². The molecule has 5 heteroatoms. The summed E-state index contributed by atoms with van der Waals surface area (Å²) in [4.78, 5) is 14.8. The standard InChI is InChI=1S/C18H20N2O2S/c1-2-3-5-11-8-9-15(23-11)16-12(10-19)18(20)22-14-7-4-6-13(21)17(14)16/h8-9,16H,2-7,20H2,1H3. The molecule has 1 aliphatic heterocycles. The molecule has 4 nitrogen and oxygen atoms in total. The molecule has 23 heavy (non-hydrogen) atoms. The maximum atomic E-state index is 12.5. The predicted molar refractivity (Wildman–Crippen MR) is 89.5 cm³/mol. The maximum Gasteiger partial charge on any atom is 0.205 e. The Morgan fingerprint density at radius 3 is 3.00 bits per heavy atom. The van der Waals surface area contributed by atoms with Crippen molar-refractivity contribution >= 4 is 17.1 Å². The molecule has 0 saturated carbocycles. The number of nitrogens with two attached hydrogens (primary N) is 1. The lowest BCUT2D eigenvalue weighted by Crippen LogP contribution is -2.26. The summed E-state index contributed by atoms with van der Waals surface area (Å²) in [6.07, 6.45) is 5.34. The molecule has 0 aromatic carbocycles. The van der Waals surface area contributed by atoms with Crippen molar-refractivity contribution in [1.82, 2.24) is 0 Å². The van der Waals surface area contributed by atoms with Gasteiger partial charge in [0.05, 0.1) is 5.92 Å². The molecular formula is C18H20N2O2S. The van der Waals surface area contributed by atoms with Crippen LogP contribution in [0.5, 0.6) is 0 Å². The highest BCUT2D eigenvalue weighted by Gasteiger charge is 2.38. The Morgan fingerprint density at radius 1 is 1.43 bits per heavy atom. The summed E-state index contributed by atoms with van der Waals surface area (Å²) in [5.74, 6) is 0.539. The third kappa shape index (κ3) is 2.91. The highest BCUT2D eigenvalue weighted by molar-refractivity contribution is 7.12. The number of rotatable bonds is 4. The van der Waals surface area contributed by atoms with Crippen LogP contribution in [0.2, 0.25) is 0 Å². The fraction of sp³-hybridized carbons (Fsp3) is 0.444. The normalized spacial score (nSPS) is 21.0. The molecule has 0 spiro atoms. The summed E-state index contributed by atoms with van der Waals surface area (Å²) in [7, 11) is 0. The topological polar surface area (TPSA) is 76.1 Å². The van der Waals surface area contributed by atoms with Gasteiger partial charge in [0, 0.05) is 28.2 Å².